The van der Waals surface area contributed by atoms with Crippen molar-refractivity contribution in [3.63, 3.8) is 0 Å². The SMILES string of the molecule is COC(=O)c1cccc(N2C(=O)C(O)=C(C(=O)c3cc4cccc(OC)c4o3)C2c2ccccc2)c1. The Morgan fingerprint density at radius 1 is 0.944 bits per heavy atom. The van der Waals surface area contributed by atoms with Crippen LogP contribution >= 0.6 is 0 Å². The number of benzene rings is 3. The number of ether oxygens (including phenoxy) is 2. The fourth-order valence-corrected chi connectivity index (χ4v) is 4.40. The number of nitrogens with zero attached hydrogens (tertiary/aromatic N) is 1. The molecule has 0 radical (unpaired) electrons. The van der Waals surface area contributed by atoms with Crippen molar-refractivity contribution in [3.8, 4) is 5.75 Å². The Balaban J connectivity index is 1.65. The van der Waals surface area contributed by atoms with E-state index in [0.717, 1.165) is 0 Å². The van der Waals surface area contributed by atoms with Crippen LogP contribution in [0.1, 0.15) is 32.5 Å². The van der Waals surface area contributed by atoms with Crippen LogP contribution in [-0.4, -0.2) is 37.0 Å². The molecule has 8 nitrogen and oxygen atoms in total. The van der Waals surface area contributed by atoms with Crippen molar-refractivity contribution in [1.82, 2.24) is 0 Å². The number of hydrogen-bond donors (Lipinski definition) is 1. The van der Waals surface area contributed by atoms with E-state index in [1.807, 2.05) is 0 Å². The number of carbonyl (C=O) groups is 3. The number of methoxy groups -OCH3 is 2. The Morgan fingerprint density at radius 3 is 2.42 bits per heavy atom. The fraction of sp³-hybridized carbons (Fsp3) is 0.107. The summed E-state index contributed by atoms with van der Waals surface area (Å²) in [4.78, 5) is 40.5. The molecule has 1 atom stereocenters. The van der Waals surface area contributed by atoms with Crippen LogP contribution in [0.25, 0.3) is 11.0 Å². The number of aliphatic hydroxyl groups is 1. The molecule has 180 valence electrons. The first-order chi connectivity index (χ1) is 17.4. The van der Waals surface area contributed by atoms with E-state index in [9.17, 15) is 19.5 Å². The van der Waals surface area contributed by atoms with Crippen LogP contribution in [0.3, 0.4) is 0 Å². The van der Waals surface area contributed by atoms with E-state index in [2.05, 4.69) is 0 Å². The van der Waals surface area contributed by atoms with Crippen molar-refractivity contribution in [2.45, 2.75) is 6.04 Å². The number of aliphatic hydroxyl groups excluding tert-OH is 1. The molecule has 5 rings (SSSR count). The van der Waals surface area contributed by atoms with E-state index in [0.29, 0.717) is 28.0 Å². The normalized spacial score (nSPS) is 15.4. The third-order valence-corrected chi connectivity index (χ3v) is 6.07. The Bertz CT molecular complexity index is 1530. The van der Waals surface area contributed by atoms with E-state index >= 15 is 0 Å². The van der Waals surface area contributed by atoms with Gasteiger partial charge in [0.25, 0.3) is 5.91 Å². The van der Waals surface area contributed by atoms with Crippen molar-refractivity contribution >= 4 is 34.3 Å². The van der Waals surface area contributed by atoms with Gasteiger partial charge in [-0.05, 0) is 35.9 Å². The minimum atomic E-state index is -0.964. The second-order valence-corrected chi connectivity index (χ2v) is 8.11. The molecule has 36 heavy (non-hydrogen) atoms. The molecule has 4 aromatic rings. The Labute approximate surface area is 206 Å². The van der Waals surface area contributed by atoms with Crippen molar-refractivity contribution in [2.24, 2.45) is 0 Å². The third-order valence-electron chi connectivity index (χ3n) is 6.07. The number of hydrogen-bond acceptors (Lipinski definition) is 7. The van der Waals surface area contributed by atoms with E-state index in [-0.39, 0.29) is 16.9 Å². The van der Waals surface area contributed by atoms with Crippen LogP contribution in [0.5, 0.6) is 5.75 Å². The summed E-state index contributed by atoms with van der Waals surface area (Å²) in [6.45, 7) is 0. The molecular weight excluding hydrogens is 462 g/mol. The van der Waals surface area contributed by atoms with Crippen LogP contribution in [-0.2, 0) is 9.53 Å². The van der Waals surface area contributed by atoms with Crippen LogP contribution in [0, 0.1) is 0 Å². The first kappa shape index (κ1) is 22.9. The lowest BCUT2D eigenvalue weighted by Crippen LogP contribution is -2.31. The summed E-state index contributed by atoms with van der Waals surface area (Å²) in [5.41, 5.74) is 1.38. The first-order valence-electron chi connectivity index (χ1n) is 11.1. The second-order valence-electron chi connectivity index (χ2n) is 8.11. The molecule has 0 aliphatic carbocycles. The molecule has 0 fully saturated rings. The maximum absolute atomic E-state index is 13.7. The highest BCUT2D eigenvalue weighted by Gasteiger charge is 2.45. The van der Waals surface area contributed by atoms with Crippen LogP contribution in [0.2, 0.25) is 0 Å². The summed E-state index contributed by atoms with van der Waals surface area (Å²) in [7, 11) is 2.75. The number of rotatable bonds is 6. The highest BCUT2D eigenvalue weighted by atomic mass is 16.5. The van der Waals surface area contributed by atoms with Crippen molar-refractivity contribution in [2.75, 3.05) is 19.1 Å². The summed E-state index contributed by atoms with van der Waals surface area (Å²) in [6.07, 6.45) is 0. The number of carbonyl (C=O) groups excluding carboxylic acids is 3. The number of Topliss-reactive ketones (excluding diaryl/α,β-unsaturated/α-hetero) is 1. The Kier molecular flexibility index (Phi) is 5.77. The summed E-state index contributed by atoms with van der Waals surface area (Å²) in [5, 5.41) is 11.6. The second kappa shape index (κ2) is 9.07. The molecule has 1 unspecified atom stereocenters. The zero-order chi connectivity index (χ0) is 25.4. The summed E-state index contributed by atoms with van der Waals surface area (Å²) in [6, 6.07) is 20.9. The average molecular weight is 483 g/mol. The lowest BCUT2D eigenvalue weighted by Gasteiger charge is -2.27. The zero-order valence-electron chi connectivity index (χ0n) is 19.4. The number of esters is 1. The van der Waals surface area contributed by atoms with Gasteiger partial charge < -0.3 is 19.0 Å². The lowest BCUT2D eigenvalue weighted by molar-refractivity contribution is -0.117. The molecule has 1 aromatic heterocycles. The van der Waals surface area contributed by atoms with Crippen LogP contribution in [0.15, 0.2) is 94.6 Å². The maximum Gasteiger partial charge on any atom is 0.337 e. The van der Waals surface area contributed by atoms with Gasteiger partial charge in [0.05, 0.1) is 31.4 Å². The van der Waals surface area contributed by atoms with Gasteiger partial charge in [-0.15, -0.1) is 0 Å². The Morgan fingerprint density at radius 2 is 1.69 bits per heavy atom. The van der Waals surface area contributed by atoms with Crippen molar-refractivity contribution in [1.29, 1.82) is 0 Å². The van der Waals surface area contributed by atoms with Gasteiger partial charge >= 0.3 is 5.97 Å². The van der Waals surface area contributed by atoms with Crippen molar-refractivity contribution < 1.29 is 33.4 Å². The molecular formula is C28H21NO7. The zero-order valence-corrected chi connectivity index (χ0v) is 19.4. The topological polar surface area (TPSA) is 106 Å². The molecule has 0 spiro atoms. The minimum absolute atomic E-state index is 0.0463. The smallest absolute Gasteiger partial charge is 0.337 e. The van der Waals surface area contributed by atoms with Gasteiger partial charge in [0, 0.05) is 11.1 Å². The van der Waals surface area contributed by atoms with Crippen molar-refractivity contribution in [3.05, 3.63) is 107 Å². The van der Waals surface area contributed by atoms with Gasteiger partial charge in [0.1, 0.15) is 0 Å². The maximum atomic E-state index is 13.7. The number of amides is 1. The standard InChI is InChI=1S/C28H21NO7/c1-34-20-13-7-10-17-15-21(36-26(17)20)24(30)22-23(16-8-4-3-5-9-16)29(27(32)25(22)31)19-12-6-11-18(14-19)28(33)35-2/h3-15,23,31H,1-2H3. The molecule has 1 aliphatic heterocycles. The molecule has 0 saturated heterocycles. The van der Waals surface area contributed by atoms with E-state index in [4.69, 9.17) is 13.9 Å². The third kappa shape index (κ3) is 3.69. The fourth-order valence-electron chi connectivity index (χ4n) is 4.40. The number of furan rings is 1. The number of anilines is 1. The van der Waals surface area contributed by atoms with E-state index < -0.39 is 29.5 Å². The predicted molar refractivity (Wildman–Crippen MR) is 131 cm³/mol. The molecule has 1 aliphatic rings. The lowest BCUT2D eigenvalue weighted by atomic mass is 9.94. The molecule has 2 heterocycles. The number of para-hydroxylation sites is 1. The molecule has 3 aromatic carbocycles. The summed E-state index contributed by atoms with van der Waals surface area (Å²) in [5.74, 6) is -2.28. The molecule has 8 heteroatoms. The van der Waals surface area contributed by atoms with Crippen LogP contribution < -0.4 is 9.64 Å². The average Bonchev–Trinajstić information content (AvgIpc) is 3.47. The van der Waals surface area contributed by atoms with Gasteiger partial charge in [-0.1, -0.05) is 48.5 Å². The van der Waals surface area contributed by atoms with Gasteiger partial charge in [-0.25, -0.2) is 4.79 Å². The van der Waals surface area contributed by atoms with Gasteiger partial charge in [0.2, 0.25) is 5.78 Å². The first-order valence-corrected chi connectivity index (χ1v) is 11.1. The van der Waals surface area contributed by atoms with E-state index in [1.165, 1.54) is 25.2 Å². The molecule has 0 saturated carbocycles. The number of ketones is 1. The molecule has 1 amide bonds. The quantitative estimate of drug-likeness (QED) is 0.303. The molecule has 1 N–H and O–H groups in total. The van der Waals surface area contributed by atoms with Gasteiger partial charge in [0.15, 0.2) is 22.9 Å². The summed E-state index contributed by atoms with van der Waals surface area (Å²) < 4.78 is 15.9. The monoisotopic (exact) mass is 483 g/mol. The predicted octanol–water partition coefficient (Wildman–Crippen LogP) is 5.01. The molecule has 0 bridgehead atoms. The highest BCUT2D eigenvalue weighted by Crippen LogP contribution is 2.42. The van der Waals surface area contributed by atoms with Gasteiger partial charge in [-0.3, -0.25) is 14.5 Å². The summed E-state index contributed by atoms with van der Waals surface area (Å²) >= 11 is 0. The minimum Gasteiger partial charge on any atom is -0.503 e. The van der Waals surface area contributed by atoms with Gasteiger partial charge in [-0.2, -0.15) is 0 Å². The Hall–Kier alpha value is -4.85. The highest BCUT2D eigenvalue weighted by molar-refractivity contribution is 6.21. The largest absolute Gasteiger partial charge is 0.503 e. The number of fused-ring (bicyclic) bond motifs is 1. The van der Waals surface area contributed by atoms with Crippen LogP contribution in [0.4, 0.5) is 5.69 Å². The van der Waals surface area contributed by atoms with E-state index in [1.54, 1.807) is 72.8 Å².